The quantitative estimate of drug-likeness (QED) is 0.149. The predicted molar refractivity (Wildman–Crippen MR) is 456 cm³/mol. The minimum absolute atomic E-state index is 0.0975. The molecule has 0 saturated heterocycles. The molecule has 0 bridgehead atoms. The van der Waals surface area contributed by atoms with E-state index in [1.54, 1.807) is 0 Å². The molecule has 0 aliphatic heterocycles. The molecule has 4 aliphatic rings. The molecule has 0 saturated carbocycles. The second kappa shape index (κ2) is 24.6. The van der Waals surface area contributed by atoms with Crippen LogP contribution in [0.15, 0.2) is 315 Å². The Labute approximate surface area is 642 Å². The molecule has 4 aliphatic carbocycles. The van der Waals surface area contributed by atoms with Crippen LogP contribution < -0.4 is 0 Å². The van der Waals surface area contributed by atoms with Gasteiger partial charge in [-0.3, -0.25) is 0 Å². The Morgan fingerprint density at radius 2 is 0.491 bits per heavy atom. The third-order valence-electron chi connectivity index (χ3n) is 25.0. The van der Waals surface area contributed by atoms with Gasteiger partial charge < -0.3 is 0 Å². The van der Waals surface area contributed by atoms with E-state index in [1.807, 2.05) is 42.5 Å². The lowest BCUT2D eigenvalue weighted by atomic mass is 9.81. The summed E-state index contributed by atoms with van der Waals surface area (Å²) in [5, 5.41) is 26.1. The zero-order chi connectivity index (χ0) is 74.7. The van der Waals surface area contributed by atoms with Crippen molar-refractivity contribution in [2.24, 2.45) is 0 Å². The first-order valence-corrected chi connectivity index (χ1v) is 38.3. The molecule has 520 valence electrons. The van der Waals surface area contributed by atoms with E-state index >= 15 is 0 Å². The Balaban J connectivity index is 0.000000145. The highest BCUT2D eigenvalue weighted by atomic mass is 14.7. The zero-order valence-electron chi connectivity index (χ0n) is 62.8. The van der Waals surface area contributed by atoms with Gasteiger partial charge in [0.2, 0.25) is 0 Å². The van der Waals surface area contributed by atoms with Crippen LogP contribution in [0.3, 0.4) is 0 Å². The molecule has 2 heterocycles. The SMILES string of the molecule is CC1(C)c2ccccc2-c2ccc(-c3cc(-c4ccc(-c5ccc(C#N)cc5)cc4)c4cc(-c5ccc6c(c5)C(C)(C)c5ccccc5-6)c5ccccc5c4n3)cc21.CC1(C)c2ccccc2-c2ccc(-c3cc(-c4cccc(C#N)c4)c4cc(-c5ccc6c(c5)C(C)(C)c5ccccc5-6)c5ccccc5c4n3)cc21. The molecular weight excluding hydrogens is 1330 g/mol. The van der Waals surface area contributed by atoms with Crippen molar-refractivity contribution in [1.29, 1.82) is 10.5 Å². The molecule has 0 atom stereocenters. The Morgan fingerprint density at radius 3 is 0.882 bits per heavy atom. The van der Waals surface area contributed by atoms with Crippen molar-refractivity contribution >= 4 is 43.4 Å². The van der Waals surface area contributed by atoms with Crippen molar-refractivity contribution in [3.05, 3.63) is 371 Å². The van der Waals surface area contributed by atoms with Gasteiger partial charge >= 0.3 is 0 Å². The Bertz CT molecular complexity index is 6910. The summed E-state index contributed by atoms with van der Waals surface area (Å²) in [4.78, 5) is 11.1. The molecule has 4 heteroatoms. The van der Waals surface area contributed by atoms with Crippen LogP contribution in [0.2, 0.25) is 0 Å². The van der Waals surface area contributed by atoms with E-state index in [9.17, 15) is 10.5 Å². The van der Waals surface area contributed by atoms with Crippen LogP contribution in [0.25, 0.3) is 166 Å². The first-order valence-electron chi connectivity index (χ1n) is 38.3. The lowest BCUT2D eigenvalue weighted by molar-refractivity contribution is 0.660. The van der Waals surface area contributed by atoms with Crippen LogP contribution in [0.4, 0.5) is 0 Å². The Morgan fingerprint density at radius 1 is 0.200 bits per heavy atom. The Hall–Kier alpha value is -13.4. The fraction of sp³-hybridized carbons (Fsp3) is 0.113. The number of nitriles is 2. The van der Waals surface area contributed by atoms with Gasteiger partial charge in [0.25, 0.3) is 0 Å². The predicted octanol–water partition coefficient (Wildman–Crippen LogP) is 27.4. The van der Waals surface area contributed by atoms with Crippen LogP contribution in [-0.4, -0.2) is 9.97 Å². The van der Waals surface area contributed by atoms with E-state index < -0.39 is 0 Å². The van der Waals surface area contributed by atoms with Crippen molar-refractivity contribution in [2.75, 3.05) is 0 Å². The minimum Gasteiger partial charge on any atom is -0.247 e. The molecule has 0 radical (unpaired) electrons. The number of nitrogens with zero attached hydrogens (tertiary/aromatic N) is 4. The normalized spacial score (nSPS) is 14.3. The van der Waals surface area contributed by atoms with Crippen LogP contribution in [0.1, 0.15) is 111 Å². The minimum atomic E-state index is -0.115. The molecule has 0 amide bonds. The lowest BCUT2D eigenvalue weighted by Crippen LogP contribution is -2.15. The fourth-order valence-electron chi connectivity index (χ4n) is 19.2. The van der Waals surface area contributed by atoms with Gasteiger partial charge in [-0.1, -0.05) is 298 Å². The molecule has 17 aromatic rings. The maximum atomic E-state index is 9.92. The molecule has 15 aromatic carbocycles. The largest absolute Gasteiger partial charge is 0.247 e. The first-order chi connectivity index (χ1) is 53.4. The molecule has 21 rings (SSSR count). The summed E-state index contributed by atoms with van der Waals surface area (Å²) in [6, 6.07) is 119. The summed E-state index contributed by atoms with van der Waals surface area (Å²) in [6.45, 7) is 18.7. The standard InChI is InChI=1S/C56H40N2.C50H36N2/c1-55(2)49-15-9-7-12-41(49)43-27-25-38(29-51(43)55)46-31-48-47(37-23-21-36(22-24-37)35-19-17-34(33-57)18-20-35)32-53(58-54(48)45-14-6-5-11-40(45)46)39-26-28-44-42-13-8-10-16-50(42)56(3,4)52(44)30-39;1-49(2)43-18-9-7-15-35(43)37-22-20-32(25-45(37)49)40-27-42-41(31-13-11-12-30(24-31)29-51)28-47(52-48(42)39-17-6-5-14-34(39)40)33-21-23-38-36-16-8-10-19-44(36)50(3,4)46(38)26-33/h5-32H,1-4H3;5-28H,1-4H3. The van der Waals surface area contributed by atoms with Gasteiger partial charge in [-0.25, -0.2) is 9.97 Å². The third kappa shape index (κ3) is 10.1. The van der Waals surface area contributed by atoms with Crippen molar-refractivity contribution < 1.29 is 0 Å². The van der Waals surface area contributed by atoms with Crippen LogP contribution in [-0.2, 0) is 21.7 Å². The molecule has 0 spiro atoms. The van der Waals surface area contributed by atoms with Gasteiger partial charge in [0.15, 0.2) is 0 Å². The van der Waals surface area contributed by atoms with Gasteiger partial charge in [-0.15, -0.1) is 0 Å². The highest BCUT2D eigenvalue weighted by Crippen LogP contribution is 2.56. The van der Waals surface area contributed by atoms with Gasteiger partial charge in [0.1, 0.15) is 0 Å². The van der Waals surface area contributed by atoms with E-state index in [0.29, 0.717) is 11.1 Å². The second-order valence-corrected chi connectivity index (χ2v) is 32.5. The maximum Gasteiger partial charge on any atom is 0.0991 e. The van der Waals surface area contributed by atoms with Crippen molar-refractivity contribution in [2.45, 2.75) is 77.0 Å². The molecule has 110 heavy (non-hydrogen) atoms. The maximum absolute atomic E-state index is 9.92. The topological polar surface area (TPSA) is 73.4 Å². The summed E-state index contributed by atoms with van der Waals surface area (Å²) in [6.07, 6.45) is 0. The van der Waals surface area contributed by atoms with Gasteiger partial charge in [0, 0.05) is 54.3 Å². The van der Waals surface area contributed by atoms with Crippen LogP contribution >= 0.6 is 0 Å². The number of aromatic nitrogens is 2. The first kappa shape index (κ1) is 66.1. The van der Waals surface area contributed by atoms with Crippen molar-refractivity contribution in [1.82, 2.24) is 9.97 Å². The van der Waals surface area contributed by atoms with E-state index in [0.717, 1.165) is 88.5 Å². The summed E-state index contributed by atoms with van der Waals surface area (Å²) in [7, 11) is 0. The number of benzene rings is 15. The number of hydrogen-bond donors (Lipinski definition) is 0. The van der Waals surface area contributed by atoms with E-state index in [-0.39, 0.29) is 21.7 Å². The Kier molecular flexibility index (Phi) is 14.8. The number of fused-ring (bicyclic) bond motifs is 18. The van der Waals surface area contributed by atoms with E-state index in [1.165, 1.54) is 122 Å². The molecule has 0 unspecified atom stereocenters. The number of rotatable bonds is 7. The average Bonchev–Trinajstić information content (AvgIpc) is 1.35. The summed E-state index contributed by atoms with van der Waals surface area (Å²) in [5.41, 5.74) is 39.7. The highest BCUT2D eigenvalue weighted by molar-refractivity contribution is 6.18. The van der Waals surface area contributed by atoms with Gasteiger partial charge in [0.05, 0.1) is 45.7 Å². The molecule has 2 aromatic heterocycles. The summed E-state index contributed by atoms with van der Waals surface area (Å²) < 4.78 is 0. The van der Waals surface area contributed by atoms with E-state index in [4.69, 9.17) is 9.97 Å². The lowest BCUT2D eigenvalue weighted by Gasteiger charge is -2.22. The molecule has 4 nitrogen and oxygen atoms in total. The summed E-state index contributed by atoms with van der Waals surface area (Å²) >= 11 is 0. The zero-order valence-corrected chi connectivity index (χ0v) is 62.8. The van der Waals surface area contributed by atoms with E-state index in [2.05, 4.69) is 341 Å². The third-order valence-corrected chi connectivity index (χ3v) is 25.0. The number of pyridine rings is 2. The molecule has 0 N–H and O–H groups in total. The highest BCUT2D eigenvalue weighted by Gasteiger charge is 2.40. The summed E-state index contributed by atoms with van der Waals surface area (Å²) in [5.74, 6) is 0. The van der Waals surface area contributed by atoms with Crippen molar-refractivity contribution in [3.8, 4) is 135 Å². The smallest absolute Gasteiger partial charge is 0.0991 e. The molecular formula is C106H76N4. The molecule has 0 fully saturated rings. The van der Waals surface area contributed by atoms with Crippen LogP contribution in [0, 0.1) is 22.7 Å². The van der Waals surface area contributed by atoms with Gasteiger partial charge in [-0.2, -0.15) is 10.5 Å². The van der Waals surface area contributed by atoms with Crippen molar-refractivity contribution in [3.63, 3.8) is 0 Å². The average molecular weight is 1410 g/mol. The monoisotopic (exact) mass is 1400 g/mol. The fourth-order valence-corrected chi connectivity index (χ4v) is 19.2. The van der Waals surface area contributed by atoms with Crippen LogP contribution in [0.5, 0.6) is 0 Å². The second-order valence-electron chi connectivity index (χ2n) is 32.5. The van der Waals surface area contributed by atoms with Gasteiger partial charge in [-0.05, 0) is 228 Å². The number of hydrogen-bond acceptors (Lipinski definition) is 4.